The van der Waals surface area contributed by atoms with Gasteiger partial charge in [-0.3, -0.25) is 14.9 Å². The van der Waals surface area contributed by atoms with Crippen LogP contribution in [0.15, 0.2) is 29.3 Å². The number of hydrogen-bond acceptors (Lipinski definition) is 4. The Morgan fingerprint density at radius 2 is 1.93 bits per heavy atom. The molecule has 8 nitrogen and oxygen atoms in total. The highest BCUT2D eigenvalue weighted by atomic mass is 127. The third kappa shape index (κ3) is 9.73. The molecule has 1 aromatic rings. The average Bonchev–Trinajstić information content (AvgIpc) is 2.91. The van der Waals surface area contributed by atoms with Gasteiger partial charge in [0.15, 0.2) is 5.96 Å². The zero-order valence-electron chi connectivity index (χ0n) is 17.9. The van der Waals surface area contributed by atoms with Gasteiger partial charge in [0.1, 0.15) is 0 Å². The molecule has 0 unspecified atom stereocenters. The van der Waals surface area contributed by atoms with E-state index in [1.54, 1.807) is 12.1 Å². The van der Waals surface area contributed by atoms with E-state index in [0.717, 1.165) is 63.4 Å². The maximum absolute atomic E-state index is 12.1. The van der Waals surface area contributed by atoms with Crippen LogP contribution in [-0.4, -0.2) is 47.9 Å². The van der Waals surface area contributed by atoms with Crippen molar-refractivity contribution in [1.82, 2.24) is 15.5 Å². The van der Waals surface area contributed by atoms with E-state index in [0.29, 0.717) is 18.9 Å². The molecular formula is C21H34IN5O3. The molecule has 0 aromatic heterocycles. The lowest BCUT2D eigenvalue weighted by Crippen LogP contribution is -2.41. The zero-order chi connectivity index (χ0) is 21.1. The van der Waals surface area contributed by atoms with Crippen molar-refractivity contribution in [3.05, 3.63) is 39.9 Å². The largest absolute Gasteiger partial charge is 0.356 e. The fourth-order valence-corrected chi connectivity index (χ4v) is 3.12. The Labute approximate surface area is 196 Å². The van der Waals surface area contributed by atoms with Gasteiger partial charge in [0.2, 0.25) is 5.91 Å². The summed E-state index contributed by atoms with van der Waals surface area (Å²) in [4.78, 5) is 29.0. The first-order valence-corrected chi connectivity index (χ1v) is 10.5. The highest BCUT2D eigenvalue weighted by molar-refractivity contribution is 14.0. The van der Waals surface area contributed by atoms with Crippen LogP contribution in [0.5, 0.6) is 0 Å². The second-order valence-electron chi connectivity index (χ2n) is 7.83. The van der Waals surface area contributed by atoms with Gasteiger partial charge in [-0.2, -0.15) is 0 Å². The molecule has 2 N–H and O–H groups in total. The summed E-state index contributed by atoms with van der Waals surface area (Å²) in [6, 6.07) is 6.45. The molecule has 1 saturated heterocycles. The van der Waals surface area contributed by atoms with E-state index in [4.69, 9.17) is 0 Å². The number of guanidine groups is 1. The van der Waals surface area contributed by atoms with Gasteiger partial charge in [-0.1, -0.05) is 32.4 Å². The molecule has 9 heteroatoms. The van der Waals surface area contributed by atoms with E-state index in [2.05, 4.69) is 29.5 Å². The van der Waals surface area contributed by atoms with Crippen LogP contribution in [0.4, 0.5) is 5.69 Å². The molecule has 0 aliphatic carbocycles. The average molecular weight is 531 g/mol. The maximum Gasteiger partial charge on any atom is 0.269 e. The summed E-state index contributed by atoms with van der Waals surface area (Å²) in [6.45, 7) is 7.87. The molecule has 2 rings (SSSR count). The lowest BCUT2D eigenvalue weighted by atomic mass is 10.2. The number of hydrogen-bond donors (Lipinski definition) is 2. The van der Waals surface area contributed by atoms with Crippen molar-refractivity contribution in [3.63, 3.8) is 0 Å². The van der Waals surface area contributed by atoms with E-state index >= 15 is 0 Å². The summed E-state index contributed by atoms with van der Waals surface area (Å²) in [7, 11) is 0. The summed E-state index contributed by atoms with van der Waals surface area (Å²) < 4.78 is 0. The third-order valence-corrected chi connectivity index (χ3v) is 4.81. The van der Waals surface area contributed by atoms with Crippen LogP contribution in [0, 0.1) is 16.0 Å². The SMILES string of the molecule is CC(C)CNC(=NCc1ccc([N+](=O)[O-])cc1)NCCCN1CCCCCC1=O.I. The van der Waals surface area contributed by atoms with Crippen LogP contribution >= 0.6 is 24.0 Å². The van der Waals surface area contributed by atoms with Gasteiger partial charge in [-0.25, -0.2) is 4.99 Å². The Kier molecular flexibility index (Phi) is 12.3. The van der Waals surface area contributed by atoms with Crippen LogP contribution < -0.4 is 10.6 Å². The van der Waals surface area contributed by atoms with Crippen molar-refractivity contribution in [3.8, 4) is 0 Å². The molecule has 168 valence electrons. The van der Waals surface area contributed by atoms with Crippen molar-refractivity contribution in [2.24, 2.45) is 10.9 Å². The van der Waals surface area contributed by atoms with E-state index in [9.17, 15) is 14.9 Å². The molecule has 0 spiro atoms. The monoisotopic (exact) mass is 531 g/mol. The topological polar surface area (TPSA) is 99.9 Å². The third-order valence-electron chi connectivity index (χ3n) is 4.81. The fraction of sp³-hybridized carbons (Fsp3) is 0.619. The molecule has 1 aromatic carbocycles. The minimum Gasteiger partial charge on any atom is -0.356 e. The lowest BCUT2D eigenvalue weighted by molar-refractivity contribution is -0.384. The minimum atomic E-state index is -0.403. The van der Waals surface area contributed by atoms with Gasteiger partial charge in [-0.15, -0.1) is 24.0 Å². The number of rotatable bonds is 9. The first-order chi connectivity index (χ1) is 14.0. The van der Waals surface area contributed by atoms with Gasteiger partial charge in [0.05, 0.1) is 11.5 Å². The van der Waals surface area contributed by atoms with Gasteiger partial charge in [-0.05, 0) is 30.7 Å². The second-order valence-corrected chi connectivity index (χ2v) is 7.83. The number of nitrogens with one attached hydrogen (secondary N) is 2. The predicted octanol–water partition coefficient (Wildman–Crippen LogP) is 3.70. The quantitative estimate of drug-likeness (QED) is 0.127. The number of nitrogens with zero attached hydrogens (tertiary/aromatic N) is 3. The van der Waals surface area contributed by atoms with E-state index < -0.39 is 4.92 Å². The zero-order valence-corrected chi connectivity index (χ0v) is 20.3. The molecule has 0 saturated carbocycles. The van der Waals surface area contributed by atoms with E-state index in [-0.39, 0.29) is 35.6 Å². The van der Waals surface area contributed by atoms with Gasteiger partial charge in [0, 0.05) is 44.7 Å². The van der Waals surface area contributed by atoms with Crippen molar-refractivity contribution < 1.29 is 9.72 Å². The number of carbonyl (C=O) groups excluding carboxylic acids is 1. The van der Waals surface area contributed by atoms with Gasteiger partial charge >= 0.3 is 0 Å². The maximum atomic E-state index is 12.1. The number of nitro benzene ring substituents is 1. The number of nitro groups is 1. The molecule has 1 amide bonds. The molecule has 30 heavy (non-hydrogen) atoms. The summed E-state index contributed by atoms with van der Waals surface area (Å²) in [5.41, 5.74) is 0.994. The number of carbonyl (C=O) groups is 1. The second kappa shape index (κ2) is 14.2. The normalized spacial score (nSPS) is 14.8. The molecule has 1 aliphatic heterocycles. The molecule has 0 atom stereocenters. The highest BCUT2D eigenvalue weighted by Crippen LogP contribution is 2.13. The smallest absolute Gasteiger partial charge is 0.269 e. The number of halogens is 1. The van der Waals surface area contributed by atoms with Gasteiger partial charge < -0.3 is 15.5 Å². The highest BCUT2D eigenvalue weighted by Gasteiger charge is 2.15. The van der Waals surface area contributed by atoms with Crippen molar-refractivity contribution in [1.29, 1.82) is 0 Å². The first-order valence-electron chi connectivity index (χ1n) is 10.5. The fourth-order valence-electron chi connectivity index (χ4n) is 3.12. The number of likely N-dealkylation sites (tertiary alicyclic amines) is 1. The summed E-state index contributed by atoms with van der Waals surface area (Å²) >= 11 is 0. The predicted molar refractivity (Wildman–Crippen MR) is 130 cm³/mol. The van der Waals surface area contributed by atoms with E-state index in [1.165, 1.54) is 12.1 Å². The molecule has 1 heterocycles. The van der Waals surface area contributed by atoms with E-state index in [1.807, 2.05) is 4.90 Å². The number of amides is 1. The van der Waals surface area contributed by atoms with Crippen LogP contribution in [0.1, 0.15) is 51.5 Å². The summed E-state index contributed by atoms with van der Waals surface area (Å²) in [5.74, 6) is 1.47. The lowest BCUT2D eigenvalue weighted by Gasteiger charge is -2.21. The Hall–Kier alpha value is -1.91. The molecule has 1 fully saturated rings. The van der Waals surface area contributed by atoms with Crippen LogP contribution in [-0.2, 0) is 11.3 Å². The number of aliphatic imine (C=N–C) groups is 1. The summed E-state index contributed by atoms with van der Waals surface area (Å²) in [5, 5.41) is 17.4. The van der Waals surface area contributed by atoms with Gasteiger partial charge in [0.25, 0.3) is 5.69 Å². The molecule has 0 bridgehead atoms. The molecular weight excluding hydrogens is 497 g/mol. The van der Waals surface area contributed by atoms with Crippen LogP contribution in [0.25, 0.3) is 0 Å². The van der Waals surface area contributed by atoms with Crippen molar-refractivity contribution in [2.75, 3.05) is 26.2 Å². The number of non-ortho nitro benzene ring substituents is 1. The Bertz CT molecular complexity index is 694. The van der Waals surface area contributed by atoms with Crippen LogP contribution in [0.3, 0.4) is 0 Å². The van der Waals surface area contributed by atoms with Crippen molar-refractivity contribution >= 4 is 41.5 Å². The minimum absolute atomic E-state index is 0. The van der Waals surface area contributed by atoms with Crippen molar-refractivity contribution in [2.45, 2.75) is 52.5 Å². The number of benzene rings is 1. The Balaban J connectivity index is 0.00000450. The molecule has 0 radical (unpaired) electrons. The Morgan fingerprint density at radius 3 is 2.60 bits per heavy atom. The standard InChI is InChI=1S/C21H33N5O3.HI/c1-17(2)15-23-21(24-16-18-8-10-19(11-9-18)26(28)29)22-12-6-14-25-13-5-3-4-7-20(25)27;/h8-11,17H,3-7,12-16H2,1-2H3,(H2,22,23,24);1H. The Morgan fingerprint density at radius 1 is 1.20 bits per heavy atom. The summed E-state index contributed by atoms with van der Waals surface area (Å²) in [6.07, 6.45) is 4.78. The van der Waals surface area contributed by atoms with Crippen LogP contribution in [0.2, 0.25) is 0 Å². The first kappa shape index (κ1) is 26.1. The molecule has 1 aliphatic rings.